The summed E-state index contributed by atoms with van der Waals surface area (Å²) in [4.78, 5) is 12.9. The molecule has 0 spiro atoms. The Balaban J connectivity index is 1.74. The van der Waals surface area contributed by atoms with Crippen LogP contribution >= 0.6 is 11.8 Å². The largest absolute Gasteiger partial charge is 0.335 e. The van der Waals surface area contributed by atoms with Crippen molar-refractivity contribution >= 4 is 17.8 Å². The maximum absolute atomic E-state index is 11.7. The van der Waals surface area contributed by atoms with Gasteiger partial charge in [-0.05, 0) is 36.8 Å². The molecule has 2 rings (SSSR count). The predicted molar refractivity (Wildman–Crippen MR) is 75.9 cm³/mol. The number of nitrogens with one attached hydrogen (secondary N) is 2. The van der Waals surface area contributed by atoms with Crippen molar-refractivity contribution in [2.45, 2.75) is 43.2 Å². The van der Waals surface area contributed by atoms with Crippen LogP contribution in [0.5, 0.6) is 0 Å². The lowest BCUT2D eigenvalue weighted by molar-refractivity contribution is 0.236. The molecule has 0 aliphatic heterocycles. The van der Waals surface area contributed by atoms with Gasteiger partial charge < -0.3 is 10.6 Å². The minimum atomic E-state index is -0.0455. The highest BCUT2D eigenvalue weighted by molar-refractivity contribution is 7.98. The van der Waals surface area contributed by atoms with E-state index in [2.05, 4.69) is 41.2 Å². The Kier molecular flexibility index (Phi) is 4.93. The minimum absolute atomic E-state index is 0.0455. The average Bonchev–Trinajstić information content (AvgIpc) is 2.90. The number of carbonyl (C=O) groups is 1. The number of carbonyl (C=O) groups excluding carboxylic acids is 1. The Bertz CT molecular complexity index is 385. The van der Waals surface area contributed by atoms with E-state index in [-0.39, 0.29) is 6.03 Å². The molecule has 1 saturated carbocycles. The van der Waals surface area contributed by atoms with Gasteiger partial charge in [0.15, 0.2) is 0 Å². The van der Waals surface area contributed by atoms with Crippen molar-refractivity contribution in [1.29, 1.82) is 0 Å². The summed E-state index contributed by atoms with van der Waals surface area (Å²) in [6, 6.07) is 8.61. The van der Waals surface area contributed by atoms with Crippen LogP contribution in [0.1, 0.15) is 31.2 Å². The first-order chi connectivity index (χ1) is 8.78. The van der Waals surface area contributed by atoms with E-state index in [1.54, 1.807) is 11.8 Å². The van der Waals surface area contributed by atoms with E-state index in [4.69, 9.17) is 0 Å². The van der Waals surface area contributed by atoms with Crippen LogP contribution < -0.4 is 10.6 Å². The van der Waals surface area contributed by atoms with Crippen molar-refractivity contribution in [3.63, 3.8) is 0 Å². The summed E-state index contributed by atoms with van der Waals surface area (Å²) < 4.78 is 0. The van der Waals surface area contributed by atoms with E-state index in [1.807, 2.05) is 0 Å². The molecular weight excluding hydrogens is 244 g/mol. The number of rotatable bonds is 4. The zero-order valence-corrected chi connectivity index (χ0v) is 11.6. The van der Waals surface area contributed by atoms with Crippen molar-refractivity contribution in [3.05, 3.63) is 29.8 Å². The second-order valence-electron chi connectivity index (χ2n) is 4.66. The first-order valence-corrected chi connectivity index (χ1v) is 7.67. The topological polar surface area (TPSA) is 41.1 Å². The fourth-order valence-electron chi connectivity index (χ4n) is 2.23. The van der Waals surface area contributed by atoms with Crippen LogP contribution in [0.15, 0.2) is 29.2 Å². The number of hydrogen-bond acceptors (Lipinski definition) is 2. The fourth-order valence-corrected chi connectivity index (χ4v) is 2.64. The molecule has 0 aromatic heterocycles. The van der Waals surface area contributed by atoms with E-state index in [0.29, 0.717) is 12.6 Å². The molecule has 1 aliphatic rings. The summed E-state index contributed by atoms with van der Waals surface area (Å²) in [5, 5.41) is 5.92. The van der Waals surface area contributed by atoms with Crippen molar-refractivity contribution in [3.8, 4) is 0 Å². The second-order valence-corrected chi connectivity index (χ2v) is 5.54. The fraction of sp³-hybridized carbons (Fsp3) is 0.500. The SMILES string of the molecule is CSc1ccc(CNC(=O)NC2CCCC2)cc1. The number of hydrogen-bond donors (Lipinski definition) is 2. The van der Waals surface area contributed by atoms with Crippen molar-refractivity contribution in [2.24, 2.45) is 0 Å². The van der Waals surface area contributed by atoms with Crippen LogP contribution in [-0.2, 0) is 6.54 Å². The predicted octanol–water partition coefficient (Wildman–Crippen LogP) is 3.15. The standard InChI is InChI=1S/C14H20N2OS/c1-18-13-8-6-11(7-9-13)10-15-14(17)16-12-4-2-3-5-12/h6-9,12H,2-5,10H2,1H3,(H2,15,16,17). The first-order valence-electron chi connectivity index (χ1n) is 6.45. The Morgan fingerprint density at radius 1 is 1.28 bits per heavy atom. The maximum atomic E-state index is 11.7. The molecule has 2 N–H and O–H groups in total. The summed E-state index contributed by atoms with van der Waals surface area (Å²) in [6.07, 6.45) is 6.77. The van der Waals surface area contributed by atoms with Gasteiger partial charge in [-0.2, -0.15) is 0 Å². The lowest BCUT2D eigenvalue weighted by atomic mass is 10.2. The number of amides is 2. The molecule has 0 saturated heterocycles. The van der Waals surface area contributed by atoms with E-state index in [9.17, 15) is 4.79 Å². The van der Waals surface area contributed by atoms with Crippen LogP contribution in [0.3, 0.4) is 0 Å². The Hall–Kier alpha value is -1.16. The summed E-state index contributed by atoms with van der Waals surface area (Å²) in [7, 11) is 0. The number of thioether (sulfide) groups is 1. The molecule has 1 fully saturated rings. The molecule has 3 nitrogen and oxygen atoms in total. The molecule has 2 amide bonds. The molecule has 18 heavy (non-hydrogen) atoms. The van der Waals surface area contributed by atoms with Crippen LogP contribution in [0, 0.1) is 0 Å². The van der Waals surface area contributed by atoms with Gasteiger partial charge in [0.1, 0.15) is 0 Å². The zero-order valence-electron chi connectivity index (χ0n) is 10.7. The Morgan fingerprint density at radius 3 is 2.56 bits per heavy atom. The van der Waals surface area contributed by atoms with Gasteiger partial charge in [0.25, 0.3) is 0 Å². The van der Waals surface area contributed by atoms with Crippen molar-refractivity contribution in [1.82, 2.24) is 10.6 Å². The lowest BCUT2D eigenvalue weighted by Crippen LogP contribution is -2.40. The summed E-state index contributed by atoms with van der Waals surface area (Å²) in [5.41, 5.74) is 1.13. The normalized spacial score (nSPS) is 15.6. The van der Waals surface area contributed by atoms with Crippen LogP contribution in [0.25, 0.3) is 0 Å². The number of benzene rings is 1. The van der Waals surface area contributed by atoms with E-state index < -0.39 is 0 Å². The smallest absolute Gasteiger partial charge is 0.315 e. The third-order valence-electron chi connectivity index (χ3n) is 3.30. The van der Waals surface area contributed by atoms with Gasteiger partial charge in [0, 0.05) is 17.5 Å². The highest BCUT2D eigenvalue weighted by Crippen LogP contribution is 2.17. The van der Waals surface area contributed by atoms with Gasteiger partial charge in [0.2, 0.25) is 0 Å². The highest BCUT2D eigenvalue weighted by atomic mass is 32.2. The third kappa shape index (κ3) is 3.95. The first kappa shape index (κ1) is 13.3. The monoisotopic (exact) mass is 264 g/mol. The molecule has 4 heteroatoms. The second kappa shape index (κ2) is 6.69. The summed E-state index contributed by atoms with van der Waals surface area (Å²) >= 11 is 1.72. The zero-order chi connectivity index (χ0) is 12.8. The van der Waals surface area contributed by atoms with Crippen LogP contribution in [0.2, 0.25) is 0 Å². The lowest BCUT2D eigenvalue weighted by Gasteiger charge is -2.13. The number of urea groups is 1. The van der Waals surface area contributed by atoms with Gasteiger partial charge >= 0.3 is 6.03 Å². The van der Waals surface area contributed by atoms with Gasteiger partial charge in [-0.25, -0.2) is 4.79 Å². The Morgan fingerprint density at radius 2 is 1.94 bits per heavy atom. The van der Waals surface area contributed by atoms with E-state index >= 15 is 0 Å². The molecule has 1 aromatic carbocycles. The van der Waals surface area contributed by atoms with Gasteiger partial charge in [-0.3, -0.25) is 0 Å². The summed E-state index contributed by atoms with van der Waals surface area (Å²) in [6.45, 7) is 0.590. The quantitative estimate of drug-likeness (QED) is 0.820. The van der Waals surface area contributed by atoms with E-state index in [0.717, 1.165) is 18.4 Å². The molecule has 98 valence electrons. The molecular formula is C14H20N2OS. The van der Waals surface area contributed by atoms with Gasteiger partial charge in [-0.1, -0.05) is 25.0 Å². The van der Waals surface area contributed by atoms with Crippen molar-refractivity contribution in [2.75, 3.05) is 6.26 Å². The molecule has 0 bridgehead atoms. The van der Waals surface area contributed by atoms with Crippen molar-refractivity contribution < 1.29 is 4.79 Å². The van der Waals surface area contributed by atoms with E-state index in [1.165, 1.54) is 17.7 Å². The molecule has 1 aromatic rings. The minimum Gasteiger partial charge on any atom is -0.335 e. The molecule has 0 radical (unpaired) electrons. The Labute approximate surface area is 113 Å². The molecule has 0 unspecified atom stereocenters. The molecule has 0 heterocycles. The van der Waals surface area contributed by atoms with Crippen LogP contribution in [-0.4, -0.2) is 18.3 Å². The average molecular weight is 264 g/mol. The molecule has 1 aliphatic carbocycles. The summed E-state index contributed by atoms with van der Waals surface area (Å²) in [5.74, 6) is 0. The van der Waals surface area contributed by atoms with Gasteiger partial charge in [-0.15, -0.1) is 11.8 Å². The van der Waals surface area contributed by atoms with Crippen LogP contribution in [0.4, 0.5) is 4.79 Å². The third-order valence-corrected chi connectivity index (χ3v) is 4.05. The molecule has 0 atom stereocenters. The highest BCUT2D eigenvalue weighted by Gasteiger charge is 2.16. The van der Waals surface area contributed by atoms with Gasteiger partial charge in [0.05, 0.1) is 0 Å². The maximum Gasteiger partial charge on any atom is 0.315 e.